The second-order valence-electron chi connectivity index (χ2n) is 5.50. The van der Waals surface area contributed by atoms with Gasteiger partial charge in [0, 0.05) is 19.5 Å². The number of amides is 1. The SMILES string of the molecule is CCCC(=O)N(CCC(C)C)CCC(C)C. The fourth-order valence-corrected chi connectivity index (χ4v) is 1.56. The van der Waals surface area contributed by atoms with Crippen molar-refractivity contribution in [1.29, 1.82) is 0 Å². The number of carbonyl (C=O) groups excluding carboxylic acids is 1. The molecule has 2 nitrogen and oxygen atoms in total. The smallest absolute Gasteiger partial charge is 0.222 e. The first-order valence-electron chi connectivity index (χ1n) is 6.75. The van der Waals surface area contributed by atoms with Crippen LogP contribution in [0, 0.1) is 11.8 Å². The monoisotopic (exact) mass is 227 g/mol. The summed E-state index contributed by atoms with van der Waals surface area (Å²) in [5.41, 5.74) is 0. The first-order valence-corrected chi connectivity index (χ1v) is 6.75. The van der Waals surface area contributed by atoms with E-state index in [4.69, 9.17) is 0 Å². The van der Waals surface area contributed by atoms with Crippen LogP contribution in [0.1, 0.15) is 60.3 Å². The molecule has 0 unspecified atom stereocenters. The average molecular weight is 227 g/mol. The summed E-state index contributed by atoms with van der Waals surface area (Å²) in [6.45, 7) is 12.8. The number of rotatable bonds is 8. The maximum atomic E-state index is 11.9. The first kappa shape index (κ1) is 15.5. The summed E-state index contributed by atoms with van der Waals surface area (Å²) < 4.78 is 0. The van der Waals surface area contributed by atoms with Crippen LogP contribution in [0.25, 0.3) is 0 Å². The van der Waals surface area contributed by atoms with E-state index in [1.165, 1.54) is 0 Å². The zero-order valence-corrected chi connectivity index (χ0v) is 11.8. The van der Waals surface area contributed by atoms with Crippen LogP contribution in [0.4, 0.5) is 0 Å². The van der Waals surface area contributed by atoms with Gasteiger partial charge in [0.1, 0.15) is 0 Å². The van der Waals surface area contributed by atoms with Gasteiger partial charge < -0.3 is 4.90 Å². The predicted molar refractivity (Wildman–Crippen MR) is 70.4 cm³/mol. The van der Waals surface area contributed by atoms with Crippen molar-refractivity contribution >= 4 is 5.91 Å². The molecular formula is C14H29NO. The molecule has 0 bridgehead atoms. The van der Waals surface area contributed by atoms with Gasteiger partial charge in [-0.2, -0.15) is 0 Å². The van der Waals surface area contributed by atoms with Crippen LogP contribution < -0.4 is 0 Å². The summed E-state index contributed by atoms with van der Waals surface area (Å²) in [4.78, 5) is 14.0. The lowest BCUT2D eigenvalue weighted by atomic mass is 10.1. The summed E-state index contributed by atoms with van der Waals surface area (Å²) >= 11 is 0. The minimum Gasteiger partial charge on any atom is -0.343 e. The van der Waals surface area contributed by atoms with E-state index in [1.807, 2.05) is 0 Å². The molecule has 0 aromatic carbocycles. The van der Waals surface area contributed by atoms with Gasteiger partial charge in [0.2, 0.25) is 5.91 Å². The van der Waals surface area contributed by atoms with Gasteiger partial charge in [0.05, 0.1) is 0 Å². The van der Waals surface area contributed by atoms with Gasteiger partial charge in [-0.3, -0.25) is 4.79 Å². The number of nitrogens with zero attached hydrogens (tertiary/aromatic N) is 1. The van der Waals surface area contributed by atoms with E-state index < -0.39 is 0 Å². The van der Waals surface area contributed by atoms with E-state index in [2.05, 4.69) is 39.5 Å². The Hall–Kier alpha value is -0.530. The summed E-state index contributed by atoms with van der Waals surface area (Å²) in [6.07, 6.45) is 3.90. The highest BCUT2D eigenvalue weighted by molar-refractivity contribution is 5.76. The molecule has 0 aliphatic rings. The average Bonchev–Trinajstić information content (AvgIpc) is 2.17. The van der Waals surface area contributed by atoms with Gasteiger partial charge >= 0.3 is 0 Å². The molecule has 1 amide bonds. The molecule has 0 aromatic heterocycles. The molecule has 0 radical (unpaired) electrons. The number of hydrogen-bond acceptors (Lipinski definition) is 1. The van der Waals surface area contributed by atoms with E-state index >= 15 is 0 Å². The number of hydrogen-bond donors (Lipinski definition) is 0. The maximum absolute atomic E-state index is 11.9. The van der Waals surface area contributed by atoms with Crippen molar-refractivity contribution in [2.24, 2.45) is 11.8 Å². The van der Waals surface area contributed by atoms with Gasteiger partial charge in [-0.15, -0.1) is 0 Å². The summed E-state index contributed by atoms with van der Waals surface area (Å²) in [5, 5.41) is 0. The van der Waals surface area contributed by atoms with Crippen molar-refractivity contribution in [1.82, 2.24) is 4.90 Å². The molecule has 0 N–H and O–H groups in total. The Balaban J connectivity index is 4.09. The predicted octanol–water partition coefficient (Wildman–Crippen LogP) is 3.71. The molecule has 0 atom stereocenters. The molecule has 0 aromatic rings. The second kappa shape index (κ2) is 8.60. The topological polar surface area (TPSA) is 20.3 Å². The molecule has 0 heterocycles. The van der Waals surface area contributed by atoms with Crippen molar-refractivity contribution in [3.63, 3.8) is 0 Å². The van der Waals surface area contributed by atoms with Crippen molar-refractivity contribution in [2.45, 2.75) is 60.3 Å². The van der Waals surface area contributed by atoms with Gasteiger partial charge in [0.25, 0.3) is 0 Å². The molecule has 0 fully saturated rings. The van der Waals surface area contributed by atoms with Gasteiger partial charge in [-0.25, -0.2) is 0 Å². The molecule has 0 saturated heterocycles. The zero-order chi connectivity index (χ0) is 12.6. The second-order valence-corrected chi connectivity index (χ2v) is 5.50. The van der Waals surface area contributed by atoms with E-state index in [0.29, 0.717) is 24.2 Å². The Morgan fingerprint density at radius 1 is 1.00 bits per heavy atom. The van der Waals surface area contributed by atoms with Gasteiger partial charge in [-0.05, 0) is 31.1 Å². The molecule has 0 rings (SSSR count). The lowest BCUT2D eigenvalue weighted by Gasteiger charge is -2.24. The summed E-state index contributed by atoms with van der Waals surface area (Å²) in [6, 6.07) is 0. The van der Waals surface area contributed by atoms with Crippen molar-refractivity contribution < 1.29 is 4.79 Å². The lowest BCUT2D eigenvalue weighted by Crippen LogP contribution is -2.33. The van der Waals surface area contributed by atoms with Crippen LogP contribution in [0.2, 0.25) is 0 Å². The van der Waals surface area contributed by atoms with Crippen molar-refractivity contribution in [3.8, 4) is 0 Å². The molecule has 0 saturated carbocycles. The normalized spacial score (nSPS) is 11.2. The highest BCUT2D eigenvalue weighted by Gasteiger charge is 2.13. The fraction of sp³-hybridized carbons (Fsp3) is 0.929. The molecule has 2 heteroatoms. The van der Waals surface area contributed by atoms with E-state index in [0.717, 1.165) is 32.4 Å². The van der Waals surface area contributed by atoms with E-state index in [-0.39, 0.29) is 0 Å². The maximum Gasteiger partial charge on any atom is 0.222 e. The quantitative estimate of drug-likeness (QED) is 0.619. The van der Waals surface area contributed by atoms with Gasteiger partial charge in [0.15, 0.2) is 0 Å². The van der Waals surface area contributed by atoms with Crippen molar-refractivity contribution in [3.05, 3.63) is 0 Å². The molecule has 16 heavy (non-hydrogen) atoms. The fourth-order valence-electron chi connectivity index (χ4n) is 1.56. The lowest BCUT2D eigenvalue weighted by molar-refractivity contribution is -0.131. The van der Waals surface area contributed by atoms with E-state index in [1.54, 1.807) is 0 Å². The highest BCUT2D eigenvalue weighted by Crippen LogP contribution is 2.08. The zero-order valence-electron chi connectivity index (χ0n) is 11.8. The van der Waals surface area contributed by atoms with Crippen LogP contribution in [0.15, 0.2) is 0 Å². The third-order valence-electron chi connectivity index (χ3n) is 2.77. The minimum absolute atomic E-state index is 0.337. The van der Waals surface area contributed by atoms with Crippen LogP contribution in [0.3, 0.4) is 0 Å². The highest BCUT2D eigenvalue weighted by atomic mass is 16.2. The molecule has 96 valence electrons. The first-order chi connectivity index (χ1) is 7.47. The summed E-state index contributed by atoms with van der Waals surface area (Å²) in [5.74, 6) is 1.69. The Kier molecular flexibility index (Phi) is 8.32. The molecule has 0 spiro atoms. The third kappa shape index (κ3) is 7.72. The Morgan fingerprint density at radius 3 is 1.75 bits per heavy atom. The van der Waals surface area contributed by atoms with Crippen LogP contribution in [-0.2, 0) is 4.79 Å². The Labute approximate surface area is 101 Å². The van der Waals surface area contributed by atoms with Crippen LogP contribution >= 0.6 is 0 Å². The van der Waals surface area contributed by atoms with E-state index in [9.17, 15) is 4.79 Å². The minimum atomic E-state index is 0.337. The molecule has 0 aliphatic heterocycles. The molecular weight excluding hydrogens is 198 g/mol. The van der Waals surface area contributed by atoms with Crippen molar-refractivity contribution in [2.75, 3.05) is 13.1 Å². The van der Waals surface area contributed by atoms with Crippen LogP contribution in [0.5, 0.6) is 0 Å². The standard InChI is InChI=1S/C14H29NO/c1-6-7-14(16)15(10-8-12(2)3)11-9-13(4)5/h12-13H,6-11H2,1-5H3. The number of carbonyl (C=O) groups is 1. The Bertz CT molecular complexity index is 175. The Morgan fingerprint density at radius 2 is 1.44 bits per heavy atom. The third-order valence-corrected chi connectivity index (χ3v) is 2.77. The summed E-state index contributed by atoms with van der Waals surface area (Å²) in [7, 11) is 0. The van der Waals surface area contributed by atoms with Crippen LogP contribution in [-0.4, -0.2) is 23.9 Å². The largest absolute Gasteiger partial charge is 0.343 e. The van der Waals surface area contributed by atoms with Gasteiger partial charge in [-0.1, -0.05) is 34.6 Å². The molecule has 0 aliphatic carbocycles.